The first kappa shape index (κ1) is 14.1. The summed E-state index contributed by atoms with van der Waals surface area (Å²) in [7, 11) is 0. The highest BCUT2D eigenvalue weighted by atomic mass is 19.4. The molecule has 0 spiro atoms. The molecule has 6 heteroatoms. The summed E-state index contributed by atoms with van der Waals surface area (Å²) in [6, 6.07) is 3.42. The van der Waals surface area contributed by atoms with Gasteiger partial charge in [-0.25, -0.2) is 0 Å². The lowest BCUT2D eigenvalue weighted by Crippen LogP contribution is -2.36. The van der Waals surface area contributed by atoms with Crippen LogP contribution in [0.2, 0.25) is 0 Å². The maximum absolute atomic E-state index is 12.6. The molecular weight excluding hydrogens is 255 g/mol. The molecular formula is C13H18F3N3. The fourth-order valence-electron chi connectivity index (χ4n) is 2.00. The smallest absolute Gasteiger partial charge is 0.359 e. The van der Waals surface area contributed by atoms with E-state index in [0.29, 0.717) is 12.2 Å². The van der Waals surface area contributed by atoms with E-state index in [4.69, 9.17) is 0 Å². The second-order valence-electron chi connectivity index (χ2n) is 4.76. The Morgan fingerprint density at radius 2 is 2.16 bits per heavy atom. The molecule has 1 aromatic rings. The first-order chi connectivity index (χ1) is 8.99. The molecule has 0 aliphatic heterocycles. The van der Waals surface area contributed by atoms with Crippen molar-refractivity contribution in [3.05, 3.63) is 24.0 Å². The summed E-state index contributed by atoms with van der Waals surface area (Å²) in [6.07, 6.45) is -0.927. The Hall–Kier alpha value is -1.30. The van der Waals surface area contributed by atoms with E-state index in [-0.39, 0.29) is 6.04 Å². The van der Waals surface area contributed by atoms with Crippen LogP contribution in [0.25, 0.3) is 0 Å². The first-order valence-electron chi connectivity index (χ1n) is 6.48. The van der Waals surface area contributed by atoms with Gasteiger partial charge >= 0.3 is 6.18 Å². The third-order valence-electron chi connectivity index (χ3n) is 3.03. The Kier molecular flexibility index (Phi) is 4.29. The van der Waals surface area contributed by atoms with E-state index in [0.717, 1.165) is 25.1 Å². The van der Waals surface area contributed by atoms with Gasteiger partial charge in [0.25, 0.3) is 0 Å². The average molecular weight is 273 g/mol. The van der Waals surface area contributed by atoms with Crippen LogP contribution in [-0.4, -0.2) is 30.3 Å². The summed E-state index contributed by atoms with van der Waals surface area (Å²) >= 11 is 0. The van der Waals surface area contributed by atoms with Gasteiger partial charge in [-0.3, -0.25) is 4.98 Å². The number of nitrogens with zero attached hydrogens (tertiary/aromatic N) is 2. The second kappa shape index (κ2) is 5.77. The number of alkyl halides is 3. The molecule has 0 amide bonds. The summed E-state index contributed by atoms with van der Waals surface area (Å²) in [5.74, 6) is 0. The topological polar surface area (TPSA) is 28.2 Å². The van der Waals surface area contributed by atoms with Gasteiger partial charge in [0, 0.05) is 24.5 Å². The van der Waals surface area contributed by atoms with E-state index in [2.05, 4.69) is 10.3 Å². The van der Waals surface area contributed by atoms with E-state index in [9.17, 15) is 13.2 Å². The van der Waals surface area contributed by atoms with Crippen molar-refractivity contribution in [3.63, 3.8) is 0 Å². The highest BCUT2D eigenvalue weighted by molar-refractivity contribution is 5.49. The summed E-state index contributed by atoms with van der Waals surface area (Å²) in [5.41, 5.74) is 1.38. The van der Waals surface area contributed by atoms with Crippen LogP contribution in [0.4, 0.5) is 18.9 Å². The molecule has 1 fully saturated rings. The molecule has 1 heterocycles. The average Bonchev–Trinajstić information content (AvgIpc) is 3.17. The predicted molar refractivity (Wildman–Crippen MR) is 68.0 cm³/mol. The Balaban J connectivity index is 2.12. The van der Waals surface area contributed by atoms with Gasteiger partial charge in [0.1, 0.15) is 6.54 Å². The van der Waals surface area contributed by atoms with Gasteiger partial charge in [0.15, 0.2) is 0 Å². The monoisotopic (exact) mass is 273 g/mol. The van der Waals surface area contributed by atoms with Gasteiger partial charge in [0.2, 0.25) is 0 Å². The van der Waals surface area contributed by atoms with Crippen molar-refractivity contribution in [1.82, 2.24) is 10.3 Å². The van der Waals surface area contributed by atoms with E-state index in [1.807, 2.05) is 6.92 Å². The van der Waals surface area contributed by atoms with Crippen LogP contribution < -0.4 is 10.2 Å². The minimum absolute atomic E-state index is 0.0241. The number of rotatable bonds is 6. The summed E-state index contributed by atoms with van der Waals surface area (Å²) in [5, 5.41) is 3.12. The van der Waals surface area contributed by atoms with Crippen LogP contribution >= 0.6 is 0 Å². The Morgan fingerprint density at radius 3 is 2.74 bits per heavy atom. The molecule has 3 nitrogen and oxygen atoms in total. The summed E-state index contributed by atoms with van der Waals surface area (Å²) in [4.78, 5) is 5.61. The number of pyridine rings is 1. The van der Waals surface area contributed by atoms with Crippen molar-refractivity contribution in [2.24, 2.45) is 0 Å². The zero-order chi connectivity index (χ0) is 13.9. The summed E-state index contributed by atoms with van der Waals surface area (Å²) < 4.78 is 37.8. The number of anilines is 1. The van der Waals surface area contributed by atoms with Crippen LogP contribution in [0.5, 0.6) is 0 Å². The van der Waals surface area contributed by atoms with Crippen LogP contribution in [0.1, 0.15) is 25.5 Å². The number of halogens is 3. The maximum Gasteiger partial charge on any atom is 0.405 e. The molecule has 1 saturated carbocycles. The molecule has 0 saturated heterocycles. The number of nitrogens with one attached hydrogen (secondary N) is 1. The second-order valence-corrected chi connectivity index (χ2v) is 4.76. The molecule has 0 radical (unpaired) electrons. The van der Waals surface area contributed by atoms with Crippen molar-refractivity contribution >= 4 is 5.69 Å². The number of hydrogen-bond donors (Lipinski definition) is 1. The van der Waals surface area contributed by atoms with E-state index >= 15 is 0 Å². The lowest BCUT2D eigenvalue weighted by molar-refractivity contribution is -0.120. The predicted octanol–water partition coefficient (Wildman–Crippen LogP) is 2.72. The largest absolute Gasteiger partial charge is 0.405 e. The van der Waals surface area contributed by atoms with Gasteiger partial charge in [-0.15, -0.1) is 0 Å². The standard InChI is InChI=1S/C13H18F3N3/c1-2-17-8-10-7-12(5-6-18-10)19(11-3-4-11)9-13(14,15)16/h5-7,11,17H,2-4,8-9H2,1H3. The lowest BCUT2D eigenvalue weighted by atomic mass is 10.2. The molecule has 0 atom stereocenters. The fraction of sp³-hybridized carbons (Fsp3) is 0.615. The third kappa shape index (κ3) is 4.38. The van der Waals surface area contributed by atoms with Crippen LogP contribution in [0, 0.1) is 0 Å². The van der Waals surface area contributed by atoms with Gasteiger partial charge in [-0.1, -0.05) is 6.92 Å². The Bertz CT molecular complexity index is 416. The van der Waals surface area contributed by atoms with Gasteiger partial charge in [0.05, 0.1) is 5.69 Å². The molecule has 2 rings (SSSR count). The molecule has 0 aromatic carbocycles. The molecule has 106 valence electrons. The van der Waals surface area contributed by atoms with E-state index in [1.165, 1.54) is 4.90 Å². The first-order valence-corrected chi connectivity index (χ1v) is 6.48. The highest BCUT2D eigenvalue weighted by Crippen LogP contribution is 2.34. The number of aromatic nitrogens is 1. The molecule has 0 unspecified atom stereocenters. The van der Waals surface area contributed by atoms with Crippen LogP contribution in [0.3, 0.4) is 0 Å². The fourth-order valence-corrected chi connectivity index (χ4v) is 2.00. The van der Waals surface area contributed by atoms with Crippen molar-refractivity contribution in [2.75, 3.05) is 18.0 Å². The van der Waals surface area contributed by atoms with Crippen molar-refractivity contribution in [2.45, 2.75) is 38.5 Å². The molecule has 0 bridgehead atoms. The third-order valence-corrected chi connectivity index (χ3v) is 3.03. The van der Waals surface area contributed by atoms with E-state index in [1.54, 1.807) is 18.3 Å². The lowest BCUT2D eigenvalue weighted by Gasteiger charge is -2.26. The van der Waals surface area contributed by atoms with Gasteiger partial charge in [-0.05, 0) is 31.5 Å². The summed E-state index contributed by atoms with van der Waals surface area (Å²) in [6.45, 7) is 2.47. The highest BCUT2D eigenvalue weighted by Gasteiger charge is 2.38. The Labute approximate surface area is 110 Å². The maximum atomic E-state index is 12.6. The Morgan fingerprint density at radius 1 is 1.42 bits per heavy atom. The minimum Gasteiger partial charge on any atom is -0.359 e. The quantitative estimate of drug-likeness (QED) is 0.863. The molecule has 1 aliphatic carbocycles. The zero-order valence-corrected chi connectivity index (χ0v) is 10.9. The van der Waals surface area contributed by atoms with Crippen molar-refractivity contribution in [3.8, 4) is 0 Å². The minimum atomic E-state index is -4.17. The normalized spacial score (nSPS) is 15.6. The van der Waals surface area contributed by atoms with Crippen LogP contribution in [-0.2, 0) is 6.54 Å². The molecule has 1 N–H and O–H groups in total. The van der Waals surface area contributed by atoms with Crippen molar-refractivity contribution in [1.29, 1.82) is 0 Å². The van der Waals surface area contributed by atoms with Gasteiger partial charge in [-0.2, -0.15) is 13.2 Å². The SMILES string of the molecule is CCNCc1cc(N(CC(F)(F)F)C2CC2)ccn1. The van der Waals surface area contributed by atoms with Crippen molar-refractivity contribution < 1.29 is 13.2 Å². The molecule has 1 aliphatic rings. The van der Waals surface area contributed by atoms with Crippen LogP contribution in [0.15, 0.2) is 18.3 Å². The molecule has 19 heavy (non-hydrogen) atoms. The number of hydrogen-bond acceptors (Lipinski definition) is 3. The zero-order valence-electron chi connectivity index (χ0n) is 10.9. The van der Waals surface area contributed by atoms with E-state index < -0.39 is 12.7 Å². The van der Waals surface area contributed by atoms with Gasteiger partial charge < -0.3 is 10.2 Å². The molecule has 1 aromatic heterocycles.